The van der Waals surface area contributed by atoms with E-state index in [4.69, 9.17) is 14.2 Å². The van der Waals surface area contributed by atoms with Crippen LogP contribution in [0.2, 0.25) is 0 Å². The third-order valence-electron chi connectivity index (χ3n) is 4.78. The summed E-state index contributed by atoms with van der Waals surface area (Å²) in [6, 6.07) is 6.38. The maximum atomic E-state index is 6.05. The molecule has 2 aliphatic rings. The second-order valence-corrected chi connectivity index (χ2v) is 5.92. The van der Waals surface area contributed by atoms with Gasteiger partial charge >= 0.3 is 0 Å². The smallest absolute Gasteiger partial charge is 0.127 e. The molecular weight excluding hydrogens is 266 g/mol. The molecule has 21 heavy (non-hydrogen) atoms. The topological polar surface area (TPSA) is 39.7 Å². The van der Waals surface area contributed by atoms with Crippen molar-refractivity contribution in [1.82, 2.24) is 5.32 Å². The lowest BCUT2D eigenvalue weighted by Crippen LogP contribution is -2.34. The molecule has 4 unspecified atom stereocenters. The fourth-order valence-electron chi connectivity index (χ4n) is 3.82. The van der Waals surface area contributed by atoms with Gasteiger partial charge in [0.15, 0.2) is 0 Å². The predicted octanol–water partition coefficient (Wildman–Crippen LogP) is 2.92. The van der Waals surface area contributed by atoms with Gasteiger partial charge in [0.2, 0.25) is 0 Å². The van der Waals surface area contributed by atoms with Crippen molar-refractivity contribution in [2.75, 3.05) is 20.8 Å². The van der Waals surface area contributed by atoms with E-state index < -0.39 is 0 Å². The third kappa shape index (κ3) is 2.74. The minimum atomic E-state index is 0.283. The number of fused-ring (bicyclic) bond motifs is 2. The molecule has 2 bridgehead atoms. The third-order valence-corrected chi connectivity index (χ3v) is 4.78. The van der Waals surface area contributed by atoms with E-state index in [0.717, 1.165) is 24.5 Å². The largest absolute Gasteiger partial charge is 0.497 e. The number of benzene rings is 1. The van der Waals surface area contributed by atoms with Crippen molar-refractivity contribution >= 4 is 0 Å². The Bertz CT molecular complexity index is 491. The molecule has 2 aliphatic heterocycles. The second kappa shape index (κ2) is 6.24. The minimum absolute atomic E-state index is 0.283. The van der Waals surface area contributed by atoms with Crippen molar-refractivity contribution in [3.05, 3.63) is 23.8 Å². The Labute approximate surface area is 126 Å². The summed E-state index contributed by atoms with van der Waals surface area (Å²) in [5.74, 6) is 2.25. The molecule has 2 saturated heterocycles. The van der Waals surface area contributed by atoms with Crippen LogP contribution >= 0.6 is 0 Å². The van der Waals surface area contributed by atoms with Crippen LogP contribution in [0.4, 0.5) is 0 Å². The highest BCUT2D eigenvalue weighted by atomic mass is 16.5. The molecule has 0 radical (unpaired) electrons. The number of hydrogen-bond acceptors (Lipinski definition) is 4. The molecule has 4 heteroatoms. The monoisotopic (exact) mass is 291 g/mol. The maximum Gasteiger partial charge on any atom is 0.127 e. The van der Waals surface area contributed by atoms with Crippen molar-refractivity contribution in [3.8, 4) is 11.5 Å². The Morgan fingerprint density at radius 1 is 1.29 bits per heavy atom. The van der Waals surface area contributed by atoms with Gasteiger partial charge in [0, 0.05) is 23.6 Å². The van der Waals surface area contributed by atoms with Crippen LogP contribution in [-0.4, -0.2) is 33.0 Å². The van der Waals surface area contributed by atoms with E-state index in [9.17, 15) is 0 Å². The first kappa shape index (κ1) is 14.7. The minimum Gasteiger partial charge on any atom is -0.497 e. The van der Waals surface area contributed by atoms with Crippen LogP contribution in [0.1, 0.15) is 37.8 Å². The first-order valence-corrected chi connectivity index (χ1v) is 7.87. The van der Waals surface area contributed by atoms with Crippen molar-refractivity contribution in [2.24, 2.45) is 5.92 Å². The highest BCUT2D eigenvalue weighted by molar-refractivity contribution is 5.43. The quantitative estimate of drug-likeness (QED) is 0.875. The average molecular weight is 291 g/mol. The molecular formula is C17H25NO3. The number of ether oxygens (including phenoxy) is 3. The highest BCUT2D eigenvalue weighted by Gasteiger charge is 2.45. The fraction of sp³-hybridized carbons (Fsp3) is 0.647. The van der Waals surface area contributed by atoms with Crippen LogP contribution in [0.3, 0.4) is 0 Å². The average Bonchev–Trinajstić information content (AvgIpc) is 3.15. The molecule has 2 fully saturated rings. The Balaban J connectivity index is 1.90. The van der Waals surface area contributed by atoms with E-state index >= 15 is 0 Å². The lowest BCUT2D eigenvalue weighted by molar-refractivity contribution is 0.0856. The molecule has 4 atom stereocenters. The van der Waals surface area contributed by atoms with Gasteiger partial charge in [0.25, 0.3) is 0 Å². The van der Waals surface area contributed by atoms with Crippen molar-refractivity contribution in [2.45, 2.75) is 44.4 Å². The van der Waals surface area contributed by atoms with Crippen LogP contribution in [0, 0.1) is 5.92 Å². The summed E-state index contributed by atoms with van der Waals surface area (Å²) in [7, 11) is 3.40. The van der Waals surface area contributed by atoms with E-state index in [2.05, 4.69) is 18.3 Å². The van der Waals surface area contributed by atoms with Crippen LogP contribution in [0.15, 0.2) is 18.2 Å². The van der Waals surface area contributed by atoms with Crippen molar-refractivity contribution in [3.63, 3.8) is 0 Å². The van der Waals surface area contributed by atoms with Crippen LogP contribution < -0.4 is 14.8 Å². The normalized spacial score (nSPS) is 28.6. The molecule has 0 spiro atoms. The van der Waals surface area contributed by atoms with Gasteiger partial charge in [-0.3, -0.25) is 0 Å². The zero-order valence-electron chi connectivity index (χ0n) is 13.1. The molecule has 1 aromatic carbocycles. The highest BCUT2D eigenvalue weighted by Crippen LogP contribution is 2.46. The Morgan fingerprint density at radius 3 is 2.71 bits per heavy atom. The zero-order chi connectivity index (χ0) is 14.8. The summed E-state index contributed by atoms with van der Waals surface area (Å²) in [6.07, 6.45) is 4.42. The molecule has 0 saturated carbocycles. The van der Waals surface area contributed by atoms with Gasteiger partial charge in [-0.25, -0.2) is 0 Å². The summed E-state index contributed by atoms with van der Waals surface area (Å²) >= 11 is 0. The standard InChI is InChI=1S/C17H25NO3/c1-4-18-17(14-9-12-6-8-15(14)21-12)13-7-5-11(19-2)10-16(13)20-3/h5,7,10,12,14-15,17-18H,4,6,8-9H2,1-3H3. The Hall–Kier alpha value is -1.26. The van der Waals surface area contributed by atoms with Crippen molar-refractivity contribution in [1.29, 1.82) is 0 Å². The number of nitrogens with one attached hydrogen (secondary N) is 1. The van der Waals surface area contributed by atoms with E-state index in [1.807, 2.05) is 12.1 Å². The first-order chi connectivity index (χ1) is 10.3. The van der Waals surface area contributed by atoms with Gasteiger partial charge in [-0.05, 0) is 31.9 Å². The van der Waals surface area contributed by atoms with Gasteiger partial charge in [-0.1, -0.05) is 13.0 Å². The van der Waals surface area contributed by atoms with E-state index in [-0.39, 0.29) is 6.04 Å². The van der Waals surface area contributed by atoms with E-state index in [0.29, 0.717) is 18.1 Å². The van der Waals surface area contributed by atoms with E-state index in [1.54, 1.807) is 14.2 Å². The summed E-state index contributed by atoms with van der Waals surface area (Å²) in [6.45, 7) is 3.09. The van der Waals surface area contributed by atoms with Gasteiger partial charge < -0.3 is 19.5 Å². The van der Waals surface area contributed by atoms with Crippen LogP contribution in [0.25, 0.3) is 0 Å². The molecule has 1 aromatic rings. The SMILES string of the molecule is CCNC(c1ccc(OC)cc1OC)C1CC2CCC1O2. The molecule has 4 nitrogen and oxygen atoms in total. The molecule has 0 aromatic heterocycles. The number of hydrogen-bond donors (Lipinski definition) is 1. The second-order valence-electron chi connectivity index (χ2n) is 5.92. The summed E-state index contributed by atoms with van der Waals surface area (Å²) in [4.78, 5) is 0. The summed E-state index contributed by atoms with van der Waals surface area (Å²) < 4.78 is 16.9. The van der Waals surface area contributed by atoms with Crippen molar-refractivity contribution < 1.29 is 14.2 Å². The first-order valence-electron chi connectivity index (χ1n) is 7.87. The predicted molar refractivity (Wildman–Crippen MR) is 82.0 cm³/mol. The van der Waals surface area contributed by atoms with Gasteiger partial charge in [-0.15, -0.1) is 0 Å². The lowest BCUT2D eigenvalue weighted by Gasteiger charge is -2.30. The fourth-order valence-corrected chi connectivity index (χ4v) is 3.82. The number of rotatable bonds is 6. The van der Waals surface area contributed by atoms with E-state index in [1.165, 1.54) is 18.4 Å². The summed E-state index contributed by atoms with van der Waals surface area (Å²) in [5, 5.41) is 3.64. The molecule has 0 aliphatic carbocycles. The Kier molecular flexibility index (Phi) is 4.36. The lowest BCUT2D eigenvalue weighted by atomic mass is 9.80. The Morgan fingerprint density at radius 2 is 2.14 bits per heavy atom. The molecule has 116 valence electrons. The van der Waals surface area contributed by atoms with Crippen LogP contribution in [-0.2, 0) is 4.74 Å². The zero-order valence-corrected chi connectivity index (χ0v) is 13.1. The molecule has 3 rings (SSSR count). The molecule has 2 heterocycles. The summed E-state index contributed by atoms with van der Waals surface area (Å²) in [5.41, 5.74) is 1.21. The van der Waals surface area contributed by atoms with Gasteiger partial charge in [-0.2, -0.15) is 0 Å². The van der Waals surface area contributed by atoms with Gasteiger partial charge in [0.05, 0.1) is 26.4 Å². The maximum absolute atomic E-state index is 6.05. The van der Waals surface area contributed by atoms with Gasteiger partial charge in [0.1, 0.15) is 11.5 Å². The molecule has 0 amide bonds. The number of methoxy groups -OCH3 is 2. The van der Waals surface area contributed by atoms with Crippen LogP contribution in [0.5, 0.6) is 11.5 Å². The molecule has 1 N–H and O–H groups in total.